The van der Waals surface area contributed by atoms with E-state index in [1.165, 1.54) is 0 Å². The summed E-state index contributed by atoms with van der Waals surface area (Å²) >= 11 is 0. The molecule has 1 aliphatic carbocycles. The molecular weight excluding hydrogens is 104 g/mol. The quantitative estimate of drug-likeness (QED) is 0.386. The molecule has 0 atom stereocenters. The fourth-order valence-corrected chi connectivity index (χ4v) is 0.849. The van der Waals surface area contributed by atoms with Crippen molar-refractivity contribution in [3.63, 3.8) is 0 Å². The van der Waals surface area contributed by atoms with Gasteiger partial charge in [-0.2, -0.15) is 0 Å². The van der Waals surface area contributed by atoms with Crippen molar-refractivity contribution in [2.75, 3.05) is 0 Å². The first-order valence-electron chi connectivity index (χ1n) is 2.76. The van der Waals surface area contributed by atoms with Crippen molar-refractivity contribution in [1.82, 2.24) is 0 Å². The molecule has 1 aliphatic rings. The molecule has 0 bridgehead atoms. The van der Waals surface area contributed by atoms with Crippen LogP contribution in [-0.4, -0.2) is 12.6 Å². The second-order valence-electron chi connectivity index (χ2n) is 2.32. The van der Waals surface area contributed by atoms with Gasteiger partial charge in [0.25, 0.3) is 0 Å². The topological polar surface area (TPSA) is 34.1 Å². The molecule has 0 radical (unpaired) electrons. The molecule has 0 amide bonds. The average molecular weight is 112 g/mol. The minimum absolute atomic E-state index is 0.556. The van der Waals surface area contributed by atoms with E-state index in [-0.39, 0.29) is 0 Å². The van der Waals surface area contributed by atoms with Gasteiger partial charge in [-0.15, -0.1) is 0 Å². The summed E-state index contributed by atoms with van der Waals surface area (Å²) in [5.74, 6) is 0. The minimum atomic E-state index is -0.556. The van der Waals surface area contributed by atoms with Crippen LogP contribution in [0.5, 0.6) is 0 Å². The lowest BCUT2D eigenvalue weighted by Gasteiger charge is -2.29. The normalized spacial score (nSPS) is 23.5. The largest absolute Gasteiger partial charge is 0.302 e. The zero-order chi connectivity index (χ0) is 6.04. The molecule has 1 saturated carbocycles. The van der Waals surface area contributed by atoms with Crippen molar-refractivity contribution in [2.24, 2.45) is 5.41 Å². The summed E-state index contributed by atoms with van der Waals surface area (Å²) in [6.07, 6.45) is 4.09. The summed E-state index contributed by atoms with van der Waals surface area (Å²) in [5.41, 5.74) is -0.556. The molecule has 0 spiro atoms. The summed E-state index contributed by atoms with van der Waals surface area (Å²) < 4.78 is 0. The predicted octanol–water partition coefficient (Wildman–Crippen LogP) is 0.554. The highest BCUT2D eigenvalue weighted by atomic mass is 16.1. The van der Waals surface area contributed by atoms with E-state index in [9.17, 15) is 9.59 Å². The Hall–Kier alpha value is -0.660. The molecule has 0 aromatic rings. The number of hydrogen-bond donors (Lipinski definition) is 0. The molecule has 0 aliphatic heterocycles. The van der Waals surface area contributed by atoms with Gasteiger partial charge in [-0.3, -0.25) is 0 Å². The van der Waals surface area contributed by atoms with Crippen LogP contribution in [-0.2, 0) is 9.59 Å². The summed E-state index contributed by atoms with van der Waals surface area (Å²) in [6.45, 7) is 0. The molecule has 0 aromatic carbocycles. The summed E-state index contributed by atoms with van der Waals surface area (Å²) in [6, 6.07) is 0. The van der Waals surface area contributed by atoms with Crippen LogP contribution < -0.4 is 0 Å². The maximum absolute atomic E-state index is 10.1. The lowest BCUT2D eigenvalue weighted by molar-refractivity contribution is -0.131. The molecule has 0 unspecified atom stereocenters. The third-order valence-electron chi connectivity index (χ3n) is 1.75. The molecule has 1 rings (SSSR count). The Morgan fingerprint density at radius 2 is 1.62 bits per heavy atom. The average Bonchev–Trinajstić information content (AvgIpc) is 1.67. The molecule has 1 fully saturated rings. The minimum Gasteiger partial charge on any atom is -0.302 e. The Labute approximate surface area is 47.9 Å². The Morgan fingerprint density at radius 1 is 1.12 bits per heavy atom. The smallest absolute Gasteiger partial charge is 0.133 e. The molecule has 8 heavy (non-hydrogen) atoms. The molecule has 0 heterocycles. The summed E-state index contributed by atoms with van der Waals surface area (Å²) in [5, 5.41) is 0. The van der Waals surface area contributed by atoms with Gasteiger partial charge in [0.1, 0.15) is 12.6 Å². The lowest BCUT2D eigenvalue weighted by Crippen LogP contribution is -2.32. The van der Waals surface area contributed by atoms with Crippen molar-refractivity contribution >= 4 is 12.6 Å². The Balaban J connectivity index is 2.57. The number of hydrogen-bond acceptors (Lipinski definition) is 2. The number of rotatable bonds is 2. The van der Waals surface area contributed by atoms with Crippen molar-refractivity contribution < 1.29 is 9.59 Å². The van der Waals surface area contributed by atoms with Crippen molar-refractivity contribution in [1.29, 1.82) is 0 Å². The Bertz CT molecular complexity index is 104. The second kappa shape index (κ2) is 1.69. The SMILES string of the molecule is O=CC1(C=O)CCC1. The lowest BCUT2D eigenvalue weighted by atomic mass is 9.71. The molecule has 0 saturated heterocycles. The number of aldehydes is 2. The van der Waals surface area contributed by atoms with Gasteiger partial charge in [0.05, 0.1) is 5.41 Å². The van der Waals surface area contributed by atoms with Crippen molar-refractivity contribution in [3.05, 3.63) is 0 Å². The van der Waals surface area contributed by atoms with E-state index >= 15 is 0 Å². The van der Waals surface area contributed by atoms with Crippen LogP contribution in [0, 0.1) is 5.41 Å². The van der Waals surface area contributed by atoms with E-state index in [4.69, 9.17) is 0 Å². The molecular formula is C6H8O2. The zero-order valence-corrected chi connectivity index (χ0v) is 4.59. The monoisotopic (exact) mass is 112 g/mol. The Morgan fingerprint density at radius 3 is 1.62 bits per heavy atom. The van der Waals surface area contributed by atoms with Crippen LogP contribution in [0.4, 0.5) is 0 Å². The first-order valence-corrected chi connectivity index (χ1v) is 2.76. The van der Waals surface area contributed by atoms with E-state index in [2.05, 4.69) is 0 Å². The van der Waals surface area contributed by atoms with Gasteiger partial charge in [0.15, 0.2) is 0 Å². The molecule has 0 N–H and O–H groups in total. The van der Waals surface area contributed by atoms with Crippen molar-refractivity contribution in [3.8, 4) is 0 Å². The maximum Gasteiger partial charge on any atom is 0.133 e. The molecule has 2 nitrogen and oxygen atoms in total. The third-order valence-corrected chi connectivity index (χ3v) is 1.75. The Kier molecular flexibility index (Phi) is 1.16. The van der Waals surface area contributed by atoms with Crippen LogP contribution in [0.15, 0.2) is 0 Å². The van der Waals surface area contributed by atoms with E-state index < -0.39 is 5.41 Å². The predicted molar refractivity (Wildman–Crippen MR) is 28.4 cm³/mol. The summed E-state index contributed by atoms with van der Waals surface area (Å²) in [4.78, 5) is 20.2. The van der Waals surface area contributed by atoms with Crippen molar-refractivity contribution in [2.45, 2.75) is 19.3 Å². The van der Waals surface area contributed by atoms with Gasteiger partial charge in [-0.05, 0) is 12.8 Å². The third kappa shape index (κ3) is 0.565. The van der Waals surface area contributed by atoms with Crippen LogP contribution in [0.25, 0.3) is 0 Å². The van der Waals surface area contributed by atoms with Gasteiger partial charge in [0, 0.05) is 0 Å². The highest BCUT2D eigenvalue weighted by Crippen LogP contribution is 2.36. The fraction of sp³-hybridized carbons (Fsp3) is 0.667. The number of carbonyl (C=O) groups excluding carboxylic acids is 2. The standard InChI is InChI=1S/C6H8O2/c7-4-6(5-8)2-1-3-6/h4-5H,1-3H2. The van der Waals surface area contributed by atoms with E-state index in [0.29, 0.717) is 0 Å². The van der Waals surface area contributed by atoms with Crippen LogP contribution in [0.3, 0.4) is 0 Å². The first-order chi connectivity index (χ1) is 3.83. The van der Waals surface area contributed by atoms with Crippen LogP contribution in [0.2, 0.25) is 0 Å². The highest BCUT2D eigenvalue weighted by Gasteiger charge is 2.36. The maximum atomic E-state index is 10.1. The van der Waals surface area contributed by atoms with Gasteiger partial charge < -0.3 is 9.59 Å². The van der Waals surface area contributed by atoms with Gasteiger partial charge >= 0.3 is 0 Å². The molecule has 2 heteroatoms. The first kappa shape index (κ1) is 5.48. The zero-order valence-electron chi connectivity index (χ0n) is 4.59. The van der Waals surface area contributed by atoms with Gasteiger partial charge in [-0.25, -0.2) is 0 Å². The van der Waals surface area contributed by atoms with Gasteiger partial charge in [-0.1, -0.05) is 6.42 Å². The van der Waals surface area contributed by atoms with Crippen LogP contribution >= 0.6 is 0 Å². The van der Waals surface area contributed by atoms with Gasteiger partial charge in [0.2, 0.25) is 0 Å². The van der Waals surface area contributed by atoms with E-state index in [1.54, 1.807) is 0 Å². The van der Waals surface area contributed by atoms with Crippen LogP contribution in [0.1, 0.15) is 19.3 Å². The van der Waals surface area contributed by atoms with E-state index in [1.807, 2.05) is 0 Å². The molecule has 0 aromatic heterocycles. The second-order valence-corrected chi connectivity index (χ2v) is 2.32. The number of carbonyl (C=O) groups is 2. The highest BCUT2D eigenvalue weighted by molar-refractivity contribution is 5.84. The summed E-state index contributed by atoms with van der Waals surface area (Å²) in [7, 11) is 0. The molecule has 44 valence electrons. The van der Waals surface area contributed by atoms with E-state index in [0.717, 1.165) is 31.8 Å². The fourth-order valence-electron chi connectivity index (χ4n) is 0.849.